The summed E-state index contributed by atoms with van der Waals surface area (Å²) in [5.74, 6) is -0.192. The Bertz CT molecular complexity index is 1330. The Morgan fingerprint density at radius 3 is 1.34 bits per heavy atom. The van der Waals surface area contributed by atoms with E-state index in [4.69, 9.17) is 9.47 Å². The number of nitrogens with one attached hydrogen (secondary N) is 1. The molecule has 70 heavy (non-hydrogen) atoms. The van der Waals surface area contributed by atoms with Gasteiger partial charge in [0.1, 0.15) is 24.4 Å². The van der Waals surface area contributed by atoms with Gasteiger partial charge in [-0.2, -0.15) is 0 Å². The van der Waals surface area contributed by atoms with Gasteiger partial charge in [0, 0.05) is 6.42 Å². The average molecular weight is 985 g/mol. The van der Waals surface area contributed by atoms with Crippen molar-refractivity contribution in [2.45, 2.75) is 294 Å². The molecule has 6 N–H and O–H groups in total. The van der Waals surface area contributed by atoms with Crippen LogP contribution in [0.1, 0.15) is 251 Å². The first-order valence-electron chi connectivity index (χ1n) is 29.2. The van der Waals surface area contributed by atoms with Gasteiger partial charge >= 0.3 is 0 Å². The number of amides is 1. The Morgan fingerprint density at radius 1 is 0.486 bits per heavy atom. The molecule has 1 aliphatic rings. The van der Waals surface area contributed by atoms with Crippen LogP contribution in [-0.2, 0) is 14.3 Å². The number of rotatable bonds is 49. The van der Waals surface area contributed by atoms with Crippen molar-refractivity contribution < 1.29 is 39.8 Å². The molecule has 1 aliphatic heterocycles. The normalized spacial score (nSPS) is 19.9. The predicted octanol–water partition coefficient (Wildman–Crippen LogP) is 14.5. The summed E-state index contributed by atoms with van der Waals surface area (Å²) >= 11 is 0. The standard InChI is InChI=1S/C61H109NO8/c1-3-5-7-9-11-13-15-17-18-19-20-21-22-23-24-25-26-27-28-29-30-31-32-33-34-35-36-37-38-39-41-43-45-47-49-51-57(65)62-54(53-69-61-60(68)59(67)58(66)56(52-63)70-61)55(64)50-48-46-44-42-40-16-14-12-10-8-6-4-2/h10,12,15,17,19-20,22-23,40,42,48,50,54-56,58-61,63-64,66-68H,3-9,11,13-14,16,18,21,24-39,41,43-47,49,51-53H2,1-2H3,(H,62,65)/b12-10+,17-15-,20-19-,23-22-,42-40+,50-48+. The van der Waals surface area contributed by atoms with Gasteiger partial charge < -0.3 is 40.3 Å². The molecule has 0 aromatic carbocycles. The molecule has 1 rings (SSSR count). The third kappa shape index (κ3) is 39.2. The minimum atomic E-state index is -1.58. The summed E-state index contributed by atoms with van der Waals surface area (Å²) in [6, 6.07) is -0.828. The largest absolute Gasteiger partial charge is 0.394 e. The Labute approximate surface area is 429 Å². The number of hydrogen-bond acceptors (Lipinski definition) is 8. The van der Waals surface area contributed by atoms with Crippen LogP contribution in [0.5, 0.6) is 0 Å². The summed E-state index contributed by atoms with van der Waals surface area (Å²) in [5.41, 5.74) is 0. The molecule has 406 valence electrons. The summed E-state index contributed by atoms with van der Waals surface area (Å²) in [6.45, 7) is 3.69. The Balaban J connectivity index is 2.10. The fraction of sp³-hybridized carbons (Fsp3) is 0.787. The van der Waals surface area contributed by atoms with Crippen LogP contribution in [0.15, 0.2) is 72.9 Å². The monoisotopic (exact) mass is 984 g/mol. The zero-order valence-electron chi connectivity index (χ0n) is 45.0. The van der Waals surface area contributed by atoms with Crippen LogP contribution < -0.4 is 5.32 Å². The topological polar surface area (TPSA) is 149 Å². The highest BCUT2D eigenvalue weighted by atomic mass is 16.7. The average Bonchev–Trinajstić information content (AvgIpc) is 3.36. The summed E-state index contributed by atoms with van der Waals surface area (Å²) < 4.78 is 11.2. The number of aliphatic hydroxyl groups is 5. The molecular formula is C61H109NO8. The van der Waals surface area contributed by atoms with Crippen LogP contribution in [0.25, 0.3) is 0 Å². The Morgan fingerprint density at radius 2 is 0.871 bits per heavy atom. The second kappa shape index (κ2) is 50.2. The van der Waals surface area contributed by atoms with Crippen LogP contribution in [0.3, 0.4) is 0 Å². The van der Waals surface area contributed by atoms with E-state index in [2.05, 4.69) is 79.9 Å². The van der Waals surface area contributed by atoms with E-state index in [0.717, 1.165) is 64.2 Å². The van der Waals surface area contributed by atoms with Gasteiger partial charge in [-0.05, 0) is 77.0 Å². The first kappa shape index (κ1) is 65.6. The highest BCUT2D eigenvalue weighted by Gasteiger charge is 2.44. The van der Waals surface area contributed by atoms with E-state index in [0.29, 0.717) is 6.42 Å². The van der Waals surface area contributed by atoms with Gasteiger partial charge in [-0.3, -0.25) is 4.79 Å². The van der Waals surface area contributed by atoms with Crippen LogP contribution in [0.4, 0.5) is 0 Å². The van der Waals surface area contributed by atoms with E-state index in [1.165, 1.54) is 167 Å². The molecule has 9 heteroatoms. The van der Waals surface area contributed by atoms with Crippen LogP contribution in [0.2, 0.25) is 0 Å². The molecule has 0 spiro atoms. The lowest BCUT2D eigenvalue weighted by Crippen LogP contribution is -2.60. The van der Waals surface area contributed by atoms with Gasteiger partial charge in [0.25, 0.3) is 0 Å². The second-order valence-corrected chi connectivity index (χ2v) is 20.1. The molecule has 0 bridgehead atoms. The summed E-state index contributed by atoms with van der Waals surface area (Å²) in [5, 5.41) is 54.3. The minimum absolute atomic E-state index is 0.192. The van der Waals surface area contributed by atoms with Crippen molar-refractivity contribution in [3.8, 4) is 0 Å². The maximum absolute atomic E-state index is 13.0. The van der Waals surface area contributed by atoms with Crippen molar-refractivity contribution in [2.75, 3.05) is 13.2 Å². The lowest BCUT2D eigenvalue weighted by molar-refractivity contribution is -0.302. The third-order valence-electron chi connectivity index (χ3n) is 13.5. The SMILES string of the molecule is CCCC/C=C/CC/C=C/CC/C=C/C(O)C(COC1OC(CO)C(O)C(O)C1O)NC(=O)CCCCCCCCCCCCCCCCCCCCCC/C=C\C/C=C\C/C=C\CCCCCCC. The second-order valence-electron chi connectivity index (χ2n) is 20.1. The number of ether oxygens (including phenoxy) is 2. The molecule has 0 saturated carbocycles. The summed E-state index contributed by atoms with van der Waals surface area (Å²) in [4.78, 5) is 13.0. The van der Waals surface area contributed by atoms with Crippen molar-refractivity contribution >= 4 is 5.91 Å². The fourth-order valence-corrected chi connectivity index (χ4v) is 8.83. The lowest BCUT2D eigenvalue weighted by atomic mass is 9.99. The van der Waals surface area contributed by atoms with E-state index < -0.39 is 49.5 Å². The van der Waals surface area contributed by atoms with Crippen LogP contribution in [-0.4, -0.2) is 87.5 Å². The lowest BCUT2D eigenvalue weighted by Gasteiger charge is -2.40. The van der Waals surface area contributed by atoms with Gasteiger partial charge in [-0.25, -0.2) is 0 Å². The highest BCUT2D eigenvalue weighted by Crippen LogP contribution is 2.23. The van der Waals surface area contributed by atoms with E-state index in [9.17, 15) is 30.3 Å². The number of aliphatic hydroxyl groups excluding tert-OH is 5. The summed E-state index contributed by atoms with van der Waals surface area (Å²) in [7, 11) is 0. The van der Waals surface area contributed by atoms with Gasteiger partial charge in [0.05, 0.1) is 25.4 Å². The first-order valence-corrected chi connectivity index (χ1v) is 29.2. The molecule has 1 heterocycles. The fourth-order valence-electron chi connectivity index (χ4n) is 8.83. The zero-order chi connectivity index (χ0) is 50.8. The first-order chi connectivity index (χ1) is 34.3. The Kier molecular flexibility index (Phi) is 47.1. The molecular weight excluding hydrogens is 875 g/mol. The number of hydrogen-bond donors (Lipinski definition) is 6. The molecule has 0 aromatic rings. The molecule has 1 amide bonds. The van der Waals surface area contributed by atoms with Crippen molar-refractivity contribution in [1.29, 1.82) is 0 Å². The van der Waals surface area contributed by atoms with Gasteiger partial charge in [-0.15, -0.1) is 0 Å². The third-order valence-corrected chi connectivity index (χ3v) is 13.5. The quantitative estimate of drug-likeness (QED) is 0.0261. The molecule has 1 saturated heterocycles. The van der Waals surface area contributed by atoms with E-state index in [1.807, 2.05) is 6.08 Å². The molecule has 0 aliphatic carbocycles. The summed E-state index contributed by atoms with van der Waals surface area (Å²) in [6.07, 6.45) is 62.8. The van der Waals surface area contributed by atoms with E-state index in [-0.39, 0.29) is 12.5 Å². The zero-order valence-corrected chi connectivity index (χ0v) is 45.0. The van der Waals surface area contributed by atoms with Crippen molar-refractivity contribution in [1.82, 2.24) is 5.32 Å². The number of allylic oxidation sites excluding steroid dienone is 11. The molecule has 7 atom stereocenters. The molecule has 0 radical (unpaired) electrons. The van der Waals surface area contributed by atoms with E-state index in [1.54, 1.807) is 6.08 Å². The van der Waals surface area contributed by atoms with Gasteiger partial charge in [-0.1, -0.05) is 241 Å². The smallest absolute Gasteiger partial charge is 0.220 e. The van der Waals surface area contributed by atoms with Gasteiger partial charge in [0.15, 0.2) is 6.29 Å². The number of carbonyl (C=O) groups is 1. The van der Waals surface area contributed by atoms with Gasteiger partial charge in [0.2, 0.25) is 5.91 Å². The molecule has 9 nitrogen and oxygen atoms in total. The van der Waals surface area contributed by atoms with Crippen LogP contribution in [0, 0.1) is 0 Å². The number of unbranched alkanes of at least 4 members (excludes halogenated alkanes) is 29. The highest BCUT2D eigenvalue weighted by molar-refractivity contribution is 5.76. The van der Waals surface area contributed by atoms with Crippen LogP contribution >= 0.6 is 0 Å². The number of carbonyl (C=O) groups excluding carboxylic acids is 1. The maximum Gasteiger partial charge on any atom is 0.220 e. The van der Waals surface area contributed by atoms with E-state index >= 15 is 0 Å². The van der Waals surface area contributed by atoms with Crippen molar-refractivity contribution in [2.24, 2.45) is 0 Å². The molecule has 7 unspecified atom stereocenters. The van der Waals surface area contributed by atoms with Crippen molar-refractivity contribution in [3.63, 3.8) is 0 Å². The maximum atomic E-state index is 13.0. The predicted molar refractivity (Wildman–Crippen MR) is 295 cm³/mol. The van der Waals surface area contributed by atoms with Crippen molar-refractivity contribution in [3.05, 3.63) is 72.9 Å². The molecule has 0 aromatic heterocycles. The molecule has 1 fully saturated rings. The Hall–Kier alpha value is -2.37. The minimum Gasteiger partial charge on any atom is -0.394 e.